The minimum atomic E-state index is -3.58. The number of hydrogen-bond donors (Lipinski definition) is 1. The Balaban J connectivity index is 1.43. The van der Waals surface area contributed by atoms with E-state index in [2.05, 4.69) is 14.9 Å². The predicted octanol–water partition coefficient (Wildman–Crippen LogP) is 2.27. The van der Waals surface area contributed by atoms with Crippen LogP contribution in [0, 0.1) is 0 Å². The number of esters is 1. The lowest BCUT2D eigenvalue weighted by Crippen LogP contribution is -2.26. The lowest BCUT2D eigenvalue weighted by Gasteiger charge is -2.04. The quantitative estimate of drug-likeness (QED) is 0.578. The topological polar surface area (TPSA) is 111 Å². The molecule has 3 aromatic rings. The van der Waals surface area contributed by atoms with E-state index >= 15 is 0 Å². The predicted molar refractivity (Wildman–Crippen MR) is 91.5 cm³/mol. The van der Waals surface area contributed by atoms with Crippen LogP contribution < -0.4 is 4.72 Å². The van der Waals surface area contributed by atoms with Gasteiger partial charge < -0.3 is 9.26 Å². The second-order valence-electron chi connectivity index (χ2n) is 4.73. The molecule has 0 atom stereocenters. The van der Waals surface area contributed by atoms with E-state index in [9.17, 15) is 13.2 Å². The first-order valence-corrected chi connectivity index (χ1v) is 10.3. The zero-order valence-corrected chi connectivity index (χ0v) is 15.2. The van der Waals surface area contributed by atoms with Crippen LogP contribution in [0.1, 0.15) is 12.2 Å². The van der Waals surface area contributed by atoms with Crippen LogP contribution in [-0.4, -0.2) is 31.1 Å². The lowest BCUT2D eigenvalue weighted by atomic mass is 10.4. The van der Waals surface area contributed by atoms with Gasteiger partial charge in [0.25, 0.3) is 5.89 Å². The van der Waals surface area contributed by atoms with Gasteiger partial charge in [0, 0.05) is 6.54 Å². The molecule has 0 saturated carbocycles. The molecule has 0 unspecified atom stereocenters. The van der Waals surface area contributed by atoms with Crippen molar-refractivity contribution in [2.75, 3.05) is 6.54 Å². The number of ether oxygens (including phenoxy) is 1. The van der Waals surface area contributed by atoms with E-state index in [1.807, 2.05) is 17.5 Å². The number of thiophene rings is 2. The van der Waals surface area contributed by atoms with Crippen molar-refractivity contribution in [1.82, 2.24) is 14.9 Å². The van der Waals surface area contributed by atoms with Gasteiger partial charge in [-0.05, 0) is 22.9 Å². The number of sulfonamides is 1. The highest BCUT2D eigenvalue weighted by molar-refractivity contribution is 7.91. The maximum Gasteiger partial charge on any atom is 0.307 e. The highest BCUT2D eigenvalue weighted by Gasteiger charge is 2.16. The maximum absolute atomic E-state index is 11.9. The first-order valence-electron chi connectivity index (χ1n) is 7.10. The zero-order valence-electron chi connectivity index (χ0n) is 12.7. The summed E-state index contributed by atoms with van der Waals surface area (Å²) in [5, 5.41) is 7.28. The Labute approximate surface area is 151 Å². The van der Waals surface area contributed by atoms with Gasteiger partial charge in [0.15, 0.2) is 6.61 Å². The molecule has 1 N–H and O–H groups in total. The van der Waals surface area contributed by atoms with Crippen molar-refractivity contribution in [3.8, 4) is 10.8 Å². The summed E-state index contributed by atoms with van der Waals surface area (Å²) in [6.45, 7) is -0.183. The molecular weight excluding hydrogens is 386 g/mol. The average Bonchev–Trinajstić information content (AvgIpc) is 3.34. The Hall–Kier alpha value is -2.08. The number of nitrogens with zero attached hydrogens (tertiary/aromatic N) is 2. The van der Waals surface area contributed by atoms with Crippen LogP contribution in [0.5, 0.6) is 0 Å². The SMILES string of the molecule is O=C(CCNS(=O)(=O)c1cccs1)OCc1noc(-c2cccs2)n1. The van der Waals surface area contributed by atoms with Gasteiger partial charge in [0.05, 0.1) is 11.3 Å². The molecule has 8 nitrogen and oxygen atoms in total. The normalized spacial score (nSPS) is 11.5. The van der Waals surface area contributed by atoms with Gasteiger partial charge in [-0.3, -0.25) is 4.79 Å². The molecule has 0 radical (unpaired) electrons. The van der Waals surface area contributed by atoms with E-state index in [4.69, 9.17) is 9.26 Å². The van der Waals surface area contributed by atoms with Gasteiger partial charge in [0.2, 0.25) is 15.8 Å². The fraction of sp³-hybridized carbons (Fsp3) is 0.214. The monoisotopic (exact) mass is 399 g/mol. The lowest BCUT2D eigenvalue weighted by molar-refractivity contribution is -0.145. The fourth-order valence-corrected chi connectivity index (χ4v) is 4.52. The van der Waals surface area contributed by atoms with Crippen LogP contribution in [0.4, 0.5) is 0 Å². The second-order valence-corrected chi connectivity index (χ2v) is 8.62. The summed E-state index contributed by atoms with van der Waals surface area (Å²) in [6.07, 6.45) is -0.0970. The van der Waals surface area contributed by atoms with E-state index in [1.165, 1.54) is 17.4 Å². The number of carbonyl (C=O) groups is 1. The van der Waals surface area contributed by atoms with Crippen molar-refractivity contribution in [3.63, 3.8) is 0 Å². The molecule has 25 heavy (non-hydrogen) atoms. The van der Waals surface area contributed by atoms with Crippen LogP contribution in [0.3, 0.4) is 0 Å². The summed E-state index contributed by atoms with van der Waals surface area (Å²) in [4.78, 5) is 16.6. The number of rotatable bonds is 8. The second kappa shape index (κ2) is 7.87. The summed E-state index contributed by atoms with van der Waals surface area (Å²) in [6, 6.07) is 6.84. The van der Waals surface area contributed by atoms with Crippen LogP contribution in [-0.2, 0) is 26.2 Å². The van der Waals surface area contributed by atoms with Gasteiger partial charge in [-0.25, -0.2) is 13.1 Å². The number of nitrogens with one attached hydrogen (secondary N) is 1. The van der Waals surface area contributed by atoms with Gasteiger partial charge in [-0.2, -0.15) is 4.98 Å². The van der Waals surface area contributed by atoms with Crippen LogP contribution in [0.25, 0.3) is 10.8 Å². The maximum atomic E-state index is 11.9. The van der Waals surface area contributed by atoms with Gasteiger partial charge in [-0.1, -0.05) is 17.3 Å². The molecule has 0 bridgehead atoms. The molecule has 3 aromatic heterocycles. The van der Waals surface area contributed by atoms with Gasteiger partial charge in [-0.15, -0.1) is 22.7 Å². The fourth-order valence-electron chi connectivity index (χ4n) is 1.81. The molecule has 0 aliphatic rings. The van der Waals surface area contributed by atoms with Gasteiger partial charge in [0.1, 0.15) is 4.21 Å². The molecule has 0 spiro atoms. The van der Waals surface area contributed by atoms with Crippen molar-refractivity contribution in [3.05, 3.63) is 40.8 Å². The summed E-state index contributed by atoms with van der Waals surface area (Å²) in [7, 11) is -3.58. The molecule has 0 aliphatic carbocycles. The molecule has 3 rings (SSSR count). The van der Waals surface area contributed by atoms with Crippen molar-refractivity contribution >= 4 is 38.7 Å². The Morgan fingerprint density at radius 2 is 2.04 bits per heavy atom. The van der Waals surface area contributed by atoms with Crippen LogP contribution in [0.15, 0.2) is 43.8 Å². The van der Waals surface area contributed by atoms with Crippen LogP contribution in [0.2, 0.25) is 0 Å². The third-order valence-electron chi connectivity index (χ3n) is 2.94. The van der Waals surface area contributed by atoms with E-state index in [-0.39, 0.29) is 29.6 Å². The number of aromatic nitrogens is 2. The Kier molecular flexibility index (Phi) is 5.58. The van der Waals surface area contributed by atoms with E-state index in [1.54, 1.807) is 11.4 Å². The van der Waals surface area contributed by atoms with Gasteiger partial charge >= 0.3 is 5.97 Å². The summed E-state index contributed by atoms with van der Waals surface area (Å²) in [5.41, 5.74) is 0. The third kappa shape index (κ3) is 4.72. The molecule has 0 aliphatic heterocycles. The zero-order chi connectivity index (χ0) is 17.7. The molecule has 3 heterocycles. The van der Waals surface area contributed by atoms with E-state index < -0.39 is 16.0 Å². The summed E-state index contributed by atoms with van der Waals surface area (Å²) >= 11 is 2.56. The van der Waals surface area contributed by atoms with E-state index in [0.717, 1.165) is 16.2 Å². The van der Waals surface area contributed by atoms with Crippen molar-refractivity contribution in [2.24, 2.45) is 0 Å². The Morgan fingerprint density at radius 3 is 2.76 bits per heavy atom. The first kappa shape index (κ1) is 17.7. The number of hydrogen-bond acceptors (Lipinski definition) is 9. The molecule has 132 valence electrons. The number of carbonyl (C=O) groups excluding carboxylic acids is 1. The van der Waals surface area contributed by atoms with Crippen LogP contribution >= 0.6 is 22.7 Å². The van der Waals surface area contributed by atoms with Crippen molar-refractivity contribution in [2.45, 2.75) is 17.2 Å². The molecule has 0 aromatic carbocycles. The first-order chi connectivity index (χ1) is 12.0. The minimum absolute atomic E-state index is 0.0498. The minimum Gasteiger partial charge on any atom is -0.457 e. The smallest absolute Gasteiger partial charge is 0.307 e. The standard InChI is InChI=1S/C14H13N3O5S3/c18-12(5-6-15-25(19,20)13-4-2-8-24-13)21-9-11-16-14(22-17-11)10-3-1-7-23-10/h1-4,7-8,15H,5-6,9H2. The van der Waals surface area contributed by atoms with Crippen molar-refractivity contribution in [1.29, 1.82) is 0 Å². The molecule has 0 fully saturated rings. The Morgan fingerprint density at radius 1 is 1.24 bits per heavy atom. The largest absolute Gasteiger partial charge is 0.457 e. The summed E-state index contributed by atoms with van der Waals surface area (Å²) < 4.78 is 36.4. The highest BCUT2D eigenvalue weighted by atomic mass is 32.2. The van der Waals surface area contributed by atoms with E-state index in [0.29, 0.717) is 5.89 Å². The summed E-state index contributed by atoms with van der Waals surface area (Å²) in [5.74, 6) is 0.0528. The molecule has 0 saturated heterocycles. The van der Waals surface area contributed by atoms with Crippen molar-refractivity contribution < 1.29 is 22.5 Å². The molecule has 11 heteroatoms. The Bertz CT molecular complexity index is 917. The average molecular weight is 399 g/mol. The third-order valence-corrected chi connectivity index (χ3v) is 6.66. The molecule has 0 amide bonds. The molecular formula is C14H13N3O5S3. The highest BCUT2D eigenvalue weighted by Crippen LogP contribution is 2.22.